The van der Waals surface area contributed by atoms with Crippen LogP contribution >= 0.6 is 7.37 Å². The first-order valence-electron chi connectivity index (χ1n) is 9.41. The number of carbonyl (C=O) groups is 1. The molecule has 1 atom stereocenters. The van der Waals surface area contributed by atoms with Gasteiger partial charge in [-0.25, -0.2) is 0 Å². The highest BCUT2D eigenvalue weighted by atomic mass is 31.2. The molecule has 0 bridgehead atoms. The molecule has 0 saturated carbocycles. The van der Waals surface area contributed by atoms with Gasteiger partial charge in [-0.3, -0.25) is 9.36 Å². The fourth-order valence-corrected chi connectivity index (χ4v) is 5.97. The molecular formula is C24H25O3P. The van der Waals surface area contributed by atoms with Gasteiger partial charge in [0, 0.05) is 5.56 Å². The first kappa shape index (κ1) is 20.3. The molecule has 0 aliphatic carbocycles. The lowest BCUT2D eigenvalue weighted by molar-refractivity contribution is 0.105. The first-order chi connectivity index (χ1) is 13.4. The maximum Gasteiger partial charge on any atom is 0.301 e. The Morgan fingerprint density at radius 2 is 1.46 bits per heavy atom. The van der Waals surface area contributed by atoms with Crippen LogP contribution in [0.3, 0.4) is 0 Å². The Kier molecular flexibility index (Phi) is 5.98. The van der Waals surface area contributed by atoms with Gasteiger partial charge >= 0.3 is 7.37 Å². The molecule has 0 N–H and O–H groups in total. The molecule has 0 amide bonds. The lowest BCUT2D eigenvalue weighted by atomic mass is 10.0. The van der Waals surface area contributed by atoms with Crippen molar-refractivity contribution in [3.05, 3.63) is 89.0 Å². The molecule has 0 aliphatic rings. The summed E-state index contributed by atoms with van der Waals surface area (Å²) in [5, 5.41) is 0.451. The summed E-state index contributed by atoms with van der Waals surface area (Å²) in [5.41, 5.74) is 4.43. The van der Waals surface area contributed by atoms with Gasteiger partial charge in [0.05, 0.1) is 11.9 Å². The van der Waals surface area contributed by atoms with E-state index in [2.05, 4.69) is 0 Å². The Morgan fingerprint density at radius 3 is 2.07 bits per heavy atom. The number of hydrogen-bond acceptors (Lipinski definition) is 3. The molecule has 0 spiro atoms. The van der Waals surface area contributed by atoms with Crippen molar-refractivity contribution in [3.8, 4) is 11.1 Å². The topological polar surface area (TPSA) is 43.4 Å². The molecule has 3 rings (SSSR count). The number of aryl methyl sites for hydroxylation is 3. The molecule has 0 radical (unpaired) electrons. The third kappa shape index (κ3) is 3.73. The second-order valence-electron chi connectivity index (χ2n) is 6.93. The molecule has 0 saturated heterocycles. The van der Waals surface area contributed by atoms with Crippen LogP contribution in [0.4, 0.5) is 0 Å². The van der Waals surface area contributed by atoms with Crippen molar-refractivity contribution in [3.63, 3.8) is 0 Å². The van der Waals surface area contributed by atoms with Gasteiger partial charge in [-0.05, 0) is 56.0 Å². The van der Waals surface area contributed by atoms with Crippen LogP contribution in [0.15, 0.2) is 66.7 Å². The SMILES string of the molecule is CCOP(=O)(C(=O)c1c(C)cc(C)cc1C)c1ccccc1-c1ccccc1. The second kappa shape index (κ2) is 8.26. The first-order valence-corrected chi connectivity index (χ1v) is 11.0. The molecule has 3 nitrogen and oxygen atoms in total. The Morgan fingerprint density at radius 1 is 0.893 bits per heavy atom. The van der Waals surface area contributed by atoms with E-state index in [1.165, 1.54) is 0 Å². The molecule has 28 heavy (non-hydrogen) atoms. The third-order valence-electron chi connectivity index (χ3n) is 4.78. The molecule has 3 aromatic rings. The van der Waals surface area contributed by atoms with Crippen LogP contribution in [0.5, 0.6) is 0 Å². The summed E-state index contributed by atoms with van der Waals surface area (Å²) in [5.74, 6) is 0. The van der Waals surface area contributed by atoms with Gasteiger partial charge in [-0.2, -0.15) is 0 Å². The van der Waals surface area contributed by atoms with Gasteiger partial charge in [-0.1, -0.05) is 66.2 Å². The van der Waals surface area contributed by atoms with Crippen molar-refractivity contribution < 1.29 is 13.9 Å². The minimum atomic E-state index is -3.80. The minimum Gasteiger partial charge on any atom is -0.320 e. The summed E-state index contributed by atoms with van der Waals surface area (Å²) in [6.07, 6.45) is 0. The molecule has 144 valence electrons. The van der Waals surface area contributed by atoms with Crippen LogP contribution in [-0.2, 0) is 9.09 Å². The Labute approximate surface area is 166 Å². The predicted molar refractivity (Wildman–Crippen MR) is 116 cm³/mol. The van der Waals surface area contributed by atoms with Gasteiger partial charge in [0.25, 0.3) is 5.52 Å². The maximum absolute atomic E-state index is 14.1. The van der Waals surface area contributed by atoms with Crippen molar-refractivity contribution in [2.45, 2.75) is 27.7 Å². The zero-order valence-corrected chi connectivity index (χ0v) is 17.6. The van der Waals surface area contributed by atoms with Crippen molar-refractivity contribution in [1.82, 2.24) is 0 Å². The maximum atomic E-state index is 14.1. The summed E-state index contributed by atoms with van der Waals surface area (Å²) in [6.45, 7) is 7.70. The average molecular weight is 392 g/mol. The summed E-state index contributed by atoms with van der Waals surface area (Å²) < 4.78 is 19.9. The third-order valence-corrected chi connectivity index (χ3v) is 7.18. The van der Waals surface area contributed by atoms with Crippen molar-refractivity contribution >= 4 is 18.2 Å². The summed E-state index contributed by atoms with van der Waals surface area (Å²) in [4.78, 5) is 13.6. The molecule has 0 fully saturated rings. The van der Waals surface area contributed by atoms with Crippen molar-refractivity contribution in [1.29, 1.82) is 0 Å². The van der Waals surface area contributed by atoms with Gasteiger partial charge < -0.3 is 4.52 Å². The largest absolute Gasteiger partial charge is 0.320 e. The minimum absolute atomic E-state index is 0.191. The van der Waals surface area contributed by atoms with Crippen LogP contribution in [0, 0.1) is 20.8 Å². The van der Waals surface area contributed by atoms with Crippen LogP contribution in [0.25, 0.3) is 11.1 Å². The molecule has 0 aromatic heterocycles. The zero-order chi connectivity index (χ0) is 20.3. The van der Waals surface area contributed by atoms with Crippen LogP contribution in [0.2, 0.25) is 0 Å². The van der Waals surface area contributed by atoms with Crippen LogP contribution in [0.1, 0.15) is 34.0 Å². The Hall–Kier alpha value is -2.48. The molecule has 0 aliphatic heterocycles. The number of rotatable bonds is 6. The van der Waals surface area contributed by atoms with E-state index in [0.717, 1.165) is 27.8 Å². The summed E-state index contributed by atoms with van der Waals surface area (Å²) in [6, 6.07) is 20.9. The summed E-state index contributed by atoms with van der Waals surface area (Å²) >= 11 is 0. The molecule has 4 heteroatoms. The normalized spacial score (nSPS) is 13.1. The van der Waals surface area contributed by atoms with E-state index in [9.17, 15) is 9.36 Å². The fraction of sp³-hybridized carbons (Fsp3) is 0.208. The van der Waals surface area contributed by atoms with Gasteiger partial charge in [-0.15, -0.1) is 0 Å². The Bertz CT molecular complexity index is 1030. The number of hydrogen-bond donors (Lipinski definition) is 0. The number of benzene rings is 3. The molecule has 1 unspecified atom stereocenters. The van der Waals surface area contributed by atoms with Gasteiger partial charge in [0.15, 0.2) is 0 Å². The smallest absolute Gasteiger partial charge is 0.301 e. The lowest BCUT2D eigenvalue weighted by Gasteiger charge is -2.22. The molecular weight excluding hydrogens is 367 g/mol. The van der Waals surface area contributed by atoms with E-state index in [1.54, 1.807) is 19.1 Å². The zero-order valence-electron chi connectivity index (χ0n) is 16.7. The quantitative estimate of drug-likeness (QED) is 0.479. The lowest BCUT2D eigenvalue weighted by Crippen LogP contribution is -2.19. The highest BCUT2D eigenvalue weighted by Crippen LogP contribution is 2.52. The standard InChI is InChI=1S/C24H25O3P/c1-5-27-28(26,24(25)23-18(3)15-17(2)16-19(23)4)22-14-10-9-13-21(22)20-11-7-6-8-12-20/h6-16H,5H2,1-4H3. The van der Waals surface area contributed by atoms with E-state index in [1.807, 2.05) is 75.4 Å². The highest BCUT2D eigenvalue weighted by Gasteiger charge is 2.39. The molecule has 3 aromatic carbocycles. The van der Waals surface area contributed by atoms with Crippen molar-refractivity contribution in [2.24, 2.45) is 0 Å². The van der Waals surface area contributed by atoms with E-state index in [4.69, 9.17) is 4.52 Å². The second-order valence-corrected chi connectivity index (χ2v) is 9.18. The Balaban J connectivity index is 2.23. The molecule has 0 heterocycles. The fourth-order valence-electron chi connectivity index (χ4n) is 3.68. The van der Waals surface area contributed by atoms with E-state index in [-0.39, 0.29) is 6.61 Å². The van der Waals surface area contributed by atoms with Gasteiger partial charge in [0.2, 0.25) is 0 Å². The monoisotopic (exact) mass is 392 g/mol. The van der Waals surface area contributed by atoms with E-state index < -0.39 is 12.9 Å². The van der Waals surface area contributed by atoms with Gasteiger partial charge in [0.1, 0.15) is 0 Å². The van der Waals surface area contributed by atoms with Crippen LogP contribution in [-0.4, -0.2) is 12.1 Å². The van der Waals surface area contributed by atoms with E-state index >= 15 is 0 Å². The summed E-state index contributed by atoms with van der Waals surface area (Å²) in [7, 11) is -3.80. The van der Waals surface area contributed by atoms with Crippen LogP contribution < -0.4 is 5.30 Å². The average Bonchev–Trinajstić information content (AvgIpc) is 2.68. The number of carbonyl (C=O) groups excluding carboxylic acids is 1. The predicted octanol–water partition coefficient (Wildman–Crippen LogP) is 6.06. The van der Waals surface area contributed by atoms with Crippen molar-refractivity contribution in [2.75, 3.05) is 6.61 Å². The highest BCUT2D eigenvalue weighted by molar-refractivity contribution is 7.83. The van der Waals surface area contributed by atoms with E-state index in [0.29, 0.717) is 10.9 Å².